The van der Waals surface area contributed by atoms with Crippen molar-refractivity contribution in [2.75, 3.05) is 0 Å². The van der Waals surface area contributed by atoms with E-state index in [1.807, 2.05) is 0 Å². The number of hydrogen-bond donors (Lipinski definition) is 0. The van der Waals surface area contributed by atoms with E-state index in [1.165, 1.54) is 18.4 Å². The molecular weight excluding hydrogens is 221 g/mol. The van der Waals surface area contributed by atoms with Crippen molar-refractivity contribution in [2.24, 2.45) is 0 Å². The molecule has 0 amide bonds. The highest BCUT2D eigenvalue weighted by Gasteiger charge is 2.17. The van der Waals surface area contributed by atoms with E-state index in [9.17, 15) is 18.0 Å². The van der Waals surface area contributed by atoms with Gasteiger partial charge >= 0.3 is 0 Å². The van der Waals surface area contributed by atoms with E-state index in [-0.39, 0.29) is 11.3 Å². The molecule has 1 aromatic carbocycles. The molecule has 0 bridgehead atoms. The molecule has 0 spiro atoms. The minimum Gasteiger partial charge on any atom is -0.461 e. The van der Waals surface area contributed by atoms with E-state index in [4.69, 9.17) is 4.42 Å². The van der Waals surface area contributed by atoms with Gasteiger partial charge in [0.15, 0.2) is 23.2 Å². The van der Waals surface area contributed by atoms with Crippen molar-refractivity contribution in [3.63, 3.8) is 0 Å². The Morgan fingerprint density at radius 3 is 2.25 bits per heavy atom. The molecule has 0 unspecified atom stereocenters. The number of hydrogen-bond acceptors (Lipinski definition) is 2. The zero-order chi connectivity index (χ0) is 11.7. The van der Waals surface area contributed by atoms with Crippen LogP contribution in [0.25, 0.3) is 0 Å². The summed E-state index contributed by atoms with van der Waals surface area (Å²) in [7, 11) is 0. The normalized spacial score (nSPS) is 10.4. The summed E-state index contributed by atoms with van der Waals surface area (Å²) in [5.74, 6) is -5.19. The quantitative estimate of drug-likeness (QED) is 0.582. The third-order valence-electron chi connectivity index (χ3n) is 1.99. The van der Waals surface area contributed by atoms with Gasteiger partial charge in [-0.1, -0.05) is 0 Å². The average Bonchev–Trinajstić information content (AvgIpc) is 2.77. The molecule has 1 aromatic heterocycles. The molecule has 2 aromatic rings. The number of halogens is 3. The Hall–Kier alpha value is -2.04. The second kappa shape index (κ2) is 3.84. The van der Waals surface area contributed by atoms with Crippen LogP contribution in [-0.2, 0) is 0 Å². The van der Waals surface area contributed by atoms with Crippen molar-refractivity contribution in [3.8, 4) is 0 Å². The zero-order valence-corrected chi connectivity index (χ0v) is 7.84. The van der Waals surface area contributed by atoms with Gasteiger partial charge in [0.05, 0.1) is 6.26 Å². The molecule has 2 rings (SSSR count). The maximum Gasteiger partial charge on any atom is 0.228 e. The van der Waals surface area contributed by atoms with E-state index in [0.717, 1.165) is 0 Å². The van der Waals surface area contributed by atoms with Gasteiger partial charge in [-0.25, -0.2) is 13.2 Å². The van der Waals surface area contributed by atoms with Crippen LogP contribution in [0, 0.1) is 17.5 Å². The molecule has 0 N–H and O–H groups in total. The maximum atomic E-state index is 12.8. The topological polar surface area (TPSA) is 30.2 Å². The van der Waals surface area contributed by atoms with Gasteiger partial charge in [0.25, 0.3) is 0 Å². The first-order valence-electron chi connectivity index (χ1n) is 4.32. The number of carbonyl (C=O) groups excluding carboxylic acids is 1. The first-order valence-corrected chi connectivity index (χ1v) is 4.32. The van der Waals surface area contributed by atoms with Crippen molar-refractivity contribution in [3.05, 3.63) is 59.3 Å². The third kappa shape index (κ3) is 1.71. The number of furan rings is 1. The molecule has 1 heterocycles. The van der Waals surface area contributed by atoms with Crippen molar-refractivity contribution < 1.29 is 22.4 Å². The minimum atomic E-state index is -1.60. The maximum absolute atomic E-state index is 12.8. The first kappa shape index (κ1) is 10.5. The van der Waals surface area contributed by atoms with Crippen LogP contribution in [0.4, 0.5) is 13.2 Å². The molecule has 0 saturated heterocycles. The van der Waals surface area contributed by atoms with E-state index in [1.54, 1.807) is 0 Å². The fourth-order valence-corrected chi connectivity index (χ4v) is 1.24. The second-order valence-corrected chi connectivity index (χ2v) is 3.06. The monoisotopic (exact) mass is 226 g/mol. The van der Waals surface area contributed by atoms with E-state index < -0.39 is 23.2 Å². The summed E-state index contributed by atoms with van der Waals surface area (Å²) in [6.07, 6.45) is 1.25. The molecule has 0 atom stereocenters. The second-order valence-electron chi connectivity index (χ2n) is 3.06. The number of benzene rings is 1. The summed E-state index contributed by atoms with van der Waals surface area (Å²) in [5, 5.41) is 0. The Kier molecular flexibility index (Phi) is 2.52. The summed E-state index contributed by atoms with van der Waals surface area (Å²) in [6, 6.07) is 4.07. The van der Waals surface area contributed by atoms with Crippen LogP contribution in [0.3, 0.4) is 0 Å². The molecule has 0 aliphatic rings. The minimum absolute atomic E-state index is 0.0644. The van der Waals surface area contributed by atoms with Crippen molar-refractivity contribution in [2.45, 2.75) is 0 Å². The smallest absolute Gasteiger partial charge is 0.228 e. The molecule has 0 aliphatic heterocycles. The van der Waals surface area contributed by atoms with Gasteiger partial charge in [-0.15, -0.1) is 0 Å². The Morgan fingerprint density at radius 1 is 1.12 bits per heavy atom. The summed E-state index contributed by atoms with van der Waals surface area (Å²) in [6.45, 7) is 0. The Bertz CT molecular complexity index is 509. The first-order chi connectivity index (χ1) is 7.59. The third-order valence-corrected chi connectivity index (χ3v) is 1.99. The summed E-state index contributed by atoms with van der Waals surface area (Å²) >= 11 is 0. The van der Waals surface area contributed by atoms with Gasteiger partial charge in [0.2, 0.25) is 5.78 Å². The van der Waals surface area contributed by atoms with Crippen molar-refractivity contribution in [1.82, 2.24) is 0 Å². The molecule has 0 aliphatic carbocycles. The molecule has 0 radical (unpaired) electrons. The lowest BCUT2D eigenvalue weighted by atomic mass is 10.1. The summed E-state index contributed by atoms with van der Waals surface area (Å²) in [4.78, 5) is 11.6. The highest BCUT2D eigenvalue weighted by Crippen LogP contribution is 2.16. The number of rotatable bonds is 2. The number of ketones is 1. The lowest BCUT2D eigenvalue weighted by molar-refractivity contribution is 0.101. The van der Waals surface area contributed by atoms with Crippen LogP contribution < -0.4 is 0 Å². The largest absolute Gasteiger partial charge is 0.461 e. The van der Waals surface area contributed by atoms with Crippen LogP contribution in [0.2, 0.25) is 0 Å². The van der Waals surface area contributed by atoms with Gasteiger partial charge in [-0.05, 0) is 24.3 Å². The van der Waals surface area contributed by atoms with Crippen LogP contribution in [-0.4, -0.2) is 5.78 Å². The predicted molar refractivity (Wildman–Crippen MR) is 48.5 cm³/mol. The number of carbonyl (C=O) groups is 1. The van der Waals surface area contributed by atoms with Crippen molar-refractivity contribution >= 4 is 5.78 Å². The van der Waals surface area contributed by atoms with Crippen LogP contribution >= 0.6 is 0 Å². The van der Waals surface area contributed by atoms with E-state index >= 15 is 0 Å². The molecular formula is C11H5F3O2. The van der Waals surface area contributed by atoms with Crippen LogP contribution in [0.5, 0.6) is 0 Å². The van der Waals surface area contributed by atoms with Crippen LogP contribution in [0.1, 0.15) is 16.1 Å². The lowest BCUT2D eigenvalue weighted by Crippen LogP contribution is -2.03. The predicted octanol–water partition coefficient (Wildman–Crippen LogP) is 2.93. The average molecular weight is 226 g/mol. The Morgan fingerprint density at radius 2 is 1.75 bits per heavy atom. The Balaban J connectivity index is 2.46. The summed E-state index contributed by atoms with van der Waals surface area (Å²) in [5.41, 5.74) is -0.300. The molecule has 0 saturated carbocycles. The van der Waals surface area contributed by atoms with Gasteiger partial charge in [-0.3, -0.25) is 4.79 Å². The zero-order valence-electron chi connectivity index (χ0n) is 7.84. The Labute approximate surface area is 88.3 Å². The van der Waals surface area contributed by atoms with Gasteiger partial charge in [0.1, 0.15) is 0 Å². The highest BCUT2D eigenvalue weighted by molar-refractivity contribution is 6.07. The standard InChI is InChI=1S/C11H5F3O2/c12-7-4-6(5-8(13)10(7)14)11(15)9-2-1-3-16-9/h1-5H. The molecule has 5 heteroatoms. The molecule has 82 valence electrons. The lowest BCUT2D eigenvalue weighted by Gasteiger charge is -2.00. The highest BCUT2D eigenvalue weighted by atomic mass is 19.2. The SMILES string of the molecule is O=C(c1cc(F)c(F)c(F)c1)c1ccco1. The van der Waals surface area contributed by atoms with E-state index in [0.29, 0.717) is 12.1 Å². The van der Waals surface area contributed by atoms with Crippen molar-refractivity contribution in [1.29, 1.82) is 0 Å². The molecule has 16 heavy (non-hydrogen) atoms. The molecule has 0 fully saturated rings. The fraction of sp³-hybridized carbons (Fsp3) is 0. The van der Waals surface area contributed by atoms with Gasteiger partial charge in [-0.2, -0.15) is 0 Å². The fourth-order valence-electron chi connectivity index (χ4n) is 1.24. The van der Waals surface area contributed by atoms with Gasteiger partial charge in [0, 0.05) is 5.56 Å². The van der Waals surface area contributed by atoms with E-state index in [2.05, 4.69) is 0 Å². The molecule has 2 nitrogen and oxygen atoms in total. The van der Waals surface area contributed by atoms with Gasteiger partial charge < -0.3 is 4.42 Å². The van der Waals surface area contributed by atoms with Crippen LogP contribution in [0.15, 0.2) is 34.9 Å². The summed E-state index contributed by atoms with van der Waals surface area (Å²) < 4.78 is 43.1.